The maximum Gasteiger partial charge on any atom is 0.338 e. The highest BCUT2D eigenvalue weighted by Crippen LogP contribution is 2.42. The summed E-state index contributed by atoms with van der Waals surface area (Å²) in [6.07, 6.45) is 0. The van der Waals surface area contributed by atoms with Gasteiger partial charge >= 0.3 is 5.97 Å². The summed E-state index contributed by atoms with van der Waals surface area (Å²) >= 11 is 31.8. The van der Waals surface area contributed by atoms with Crippen molar-refractivity contribution in [1.82, 2.24) is 0 Å². The van der Waals surface area contributed by atoms with Crippen molar-refractivity contribution < 1.29 is 24.2 Å². The van der Waals surface area contributed by atoms with E-state index in [1.54, 1.807) is 36.4 Å². The first-order valence-electron chi connectivity index (χ1n) is 12.3. The minimum absolute atomic E-state index is 0.244. The van der Waals surface area contributed by atoms with E-state index in [4.69, 9.17) is 62.7 Å². The fourth-order valence-electron chi connectivity index (χ4n) is 4.02. The fraction of sp³-hybridized carbons (Fsp3) is 0.100. The number of carbonyl (C=O) groups excluding carboxylic acids is 2. The number of carbonyl (C=O) groups is 3. The zero-order valence-corrected chi connectivity index (χ0v) is 26.9. The number of rotatable bonds is 9. The minimum atomic E-state index is -1.50. The molecule has 0 spiro atoms. The Balaban J connectivity index is 1.58. The number of amides is 2. The van der Waals surface area contributed by atoms with Crippen LogP contribution >= 0.6 is 69.8 Å². The number of aromatic carboxylic acids is 1. The first-order chi connectivity index (χ1) is 20.4. The number of hydrogen-bond acceptors (Lipinski definition) is 5. The summed E-state index contributed by atoms with van der Waals surface area (Å²) in [6.45, 7) is 1.83. The number of halogens is 5. The molecule has 1 atom stereocenters. The molecule has 222 valence electrons. The predicted molar refractivity (Wildman–Crippen MR) is 174 cm³/mol. The quantitative estimate of drug-likeness (QED) is 0.0914. The van der Waals surface area contributed by atoms with Gasteiger partial charge in [0.2, 0.25) is 5.91 Å². The molecule has 0 radical (unpaired) electrons. The van der Waals surface area contributed by atoms with Crippen LogP contribution in [0.15, 0.2) is 71.6 Å². The van der Waals surface area contributed by atoms with Crippen LogP contribution in [0.2, 0.25) is 25.1 Å². The molecule has 0 aromatic heterocycles. The predicted octanol–water partition coefficient (Wildman–Crippen LogP) is 9.69. The van der Waals surface area contributed by atoms with Crippen molar-refractivity contribution in [3.8, 4) is 5.75 Å². The number of benzene rings is 4. The summed E-state index contributed by atoms with van der Waals surface area (Å²) in [5.74, 6) is -2.22. The molecule has 0 bridgehead atoms. The maximum absolute atomic E-state index is 13.6. The Bertz CT molecular complexity index is 1720. The molecule has 0 saturated carbocycles. The summed E-state index contributed by atoms with van der Waals surface area (Å²) in [6, 6.07) is 19.2. The number of carboxylic acid groups (broad SMARTS) is 1. The van der Waals surface area contributed by atoms with Crippen LogP contribution in [-0.4, -0.2) is 30.0 Å². The molecule has 4 rings (SSSR count). The highest BCUT2D eigenvalue weighted by atomic mass is 35.5. The van der Waals surface area contributed by atoms with Crippen molar-refractivity contribution in [1.29, 1.82) is 0 Å². The van der Waals surface area contributed by atoms with Crippen molar-refractivity contribution in [2.24, 2.45) is 0 Å². The topological polar surface area (TPSA) is 105 Å². The summed E-state index contributed by atoms with van der Waals surface area (Å²) < 4.78 is 5.41. The van der Waals surface area contributed by atoms with Gasteiger partial charge in [0, 0.05) is 21.7 Å². The molecular formula is C30H21Cl5N2O5S. The number of ether oxygens (including phenoxy) is 1. The van der Waals surface area contributed by atoms with Crippen LogP contribution in [0.5, 0.6) is 5.75 Å². The van der Waals surface area contributed by atoms with E-state index < -0.39 is 33.3 Å². The largest absolute Gasteiger partial charge is 0.495 e. The van der Waals surface area contributed by atoms with Gasteiger partial charge in [-0.2, -0.15) is 0 Å². The van der Waals surface area contributed by atoms with Crippen LogP contribution < -0.4 is 15.4 Å². The molecule has 0 saturated heterocycles. The Morgan fingerprint density at radius 3 is 2.00 bits per heavy atom. The first kappa shape index (κ1) is 32.8. The van der Waals surface area contributed by atoms with E-state index >= 15 is 0 Å². The van der Waals surface area contributed by atoms with Gasteiger partial charge in [-0.15, -0.1) is 11.8 Å². The second-order valence-corrected chi connectivity index (χ2v) is 12.1. The van der Waals surface area contributed by atoms with Crippen LogP contribution in [-0.2, 0) is 4.79 Å². The van der Waals surface area contributed by atoms with Crippen LogP contribution in [0.4, 0.5) is 11.4 Å². The Hall–Kier alpha value is -3.11. The number of carboxylic acids is 1. The molecule has 13 heteroatoms. The van der Waals surface area contributed by atoms with Gasteiger partial charge in [-0.25, -0.2) is 4.79 Å². The number of aryl methyl sites for hydroxylation is 1. The molecule has 1 unspecified atom stereocenters. The lowest BCUT2D eigenvalue weighted by atomic mass is 10.1. The third-order valence-electron chi connectivity index (χ3n) is 6.15. The molecule has 4 aromatic rings. The summed E-state index contributed by atoms with van der Waals surface area (Å²) in [5.41, 5.74) is 1.34. The molecule has 7 nitrogen and oxygen atoms in total. The van der Waals surface area contributed by atoms with Gasteiger partial charge in [-0.3, -0.25) is 9.59 Å². The van der Waals surface area contributed by atoms with Crippen molar-refractivity contribution in [3.63, 3.8) is 0 Å². The molecule has 4 aromatic carbocycles. The Morgan fingerprint density at radius 2 is 1.42 bits per heavy atom. The molecule has 0 fully saturated rings. The lowest BCUT2D eigenvalue weighted by Crippen LogP contribution is -2.19. The van der Waals surface area contributed by atoms with E-state index in [2.05, 4.69) is 10.6 Å². The van der Waals surface area contributed by atoms with Gasteiger partial charge < -0.3 is 20.5 Å². The van der Waals surface area contributed by atoms with Gasteiger partial charge in [-0.05, 0) is 48.4 Å². The normalized spacial score (nSPS) is 11.5. The van der Waals surface area contributed by atoms with Crippen molar-refractivity contribution in [2.75, 3.05) is 17.7 Å². The highest BCUT2D eigenvalue weighted by molar-refractivity contribution is 8.00. The zero-order chi connectivity index (χ0) is 31.4. The van der Waals surface area contributed by atoms with Crippen LogP contribution in [0, 0.1) is 6.92 Å². The maximum atomic E-state index is 13.6. The lowest BCUT2D eigenvalue weighted by molar-refractivity contribution is -0.115. The average molecular weight is 699 g/mol. The molecule has 3 N–H and O–H groups in total. The number of methoxy groups -OCH3 is 1. The monoisotopic (exact) mass is 696 g/mol. The molecule has 43 heavy (non-hydrogen) atoms. The Kier molecular flexibility index (Phi) is 10.8. The van der Waals surface area contributed by atoms with Gasteiger partial charge in [-0.1, -0.05) is 88.3 Å². The van der Waals surface area contributed by atoms with E-state index in [9.17, 15) is 19.5 Å². The average Bonchev–Trinajstić information content (AvgIpc) is 2.99. The van der Waals surface area contributed by atoms with E-state index in [1.807, 2.05) is 37.3 Å². The summed E-state index contributed by atoms with van der Waals surface area (Å²) in [5, 5.41) is 13.8. The Morgan fingerprint density at radius 1 is 0.814 bits per heavy atom. The second kappa shape index (κ2) is 14.1. The van der Waals surface area contributed by atoms with Crippen molar-refractivity contribution >= 4 is 98.9 Å². The number of hydrogen-bond donors (Lipinski definition) is 3. The number of thioether (sulfide) groups is 1. The lowest BCUT2D eigenvalue weighted by Gasteiger charge is -2.19. The van der Waals surface area contributed by atoms with Crippen LogP contribution in [0.1, 0.15) is 37.1 Å². The molecule has 0 aliphatic heterocycles. The molecule has 0 heterocycles. The molecule has 0 aliphatic carbocycles. The number of nitrogens with one attached hydrogen (secondary N) is 2. The van der Waals surface area contributed by atoms with Gasteiger partial charge in [0.05, 0.1) is 44.0 Å². The standard InChI is InChI=1S/C30H21Cl5N2O5S/c1-14-12-19(20(42-2)13-18(14)31)37-29(39)27(15-6-4-3-5-7-15)43-17-10-8-16(9-11-17)36-28(38)21-22(30(40)41)24(33)26(35)25(34)23(21)32/h3-13,27H,1-2H3,(H,36,38)(H,37,39)(H,40,41). The van der Waals surface area contributed by atoms with Crippen LogP contribution in [0.3, 0.4) is 0 Å². The molecule has 2 amide bonds. The van der Waals surface area contributed by atoms with Crippen molar-refractivity contribution in [3.05, 3.63) is 114 Å². The molecular weight excluding hydrogens is 678 g/mol. The zero-order valence-electron chi connectivity index (χ0n) is 22.3. The van der Waals surface area contributed by atoms with Crippen molar-refractivity contribution in [2.45, 2.75) is 17.1 Å². The van der Waals surface area contributed by atoms with E-state index in [-0.39, 0.29) is 21.0 Å². The molecule has 0 aliphatic rings. The first-order valence-corrected chi connectivity index (χ1v) is 15.1. The van der Waals surface area contributed by atoms with E-state index in [0.29, 0.717) is 27.0 Å². The third-order valence-corrected chi connectivity index (χ3v) is 9.63. The summed E-state index contributed by atoms with van der Waals surface area (Å²) in [4.78, 5) is 39.2. The van der Waals surface area contributed by atoms with Gasteiger partial charge in [0.25, 0.3) is 5.91 Å². The minimum Gasteiger partial charge on any atom is -0.495 e. The number of anilines is 2. The van der Waals surface area contributed by atoms with Gasteiger partial charge in [0.15, 0.2) is 0 Å². The third kappa shape index (κ3) is 7.34. The van der Waals surface area contributed by atoms with Crippen LogP contribution in [0.25, 0.3) is 0 Å². The fourth-order valence-corrected chi connectivity index (χ4v) is 6.22. The second-order valence-electron chi connectivity index (χ2n) is 8.99. The van der Waals surface area contributed by atoms with E-state index in [0.717, 1.165) is 11.1 Å². The van der Waals surface area contributed by atoms with Gasteiger partial charge in [0.1, 0.15) is 11.0 Å². The Labute approximate surface area is 276 Å². The highest BCUT2D eigenvalue weighted by Gasteiger charge is 2.29. The SMILES string of the molecule is COc1cc(Cl)c(C)cc1NC(=O)C(Sc1ccc(NC(=O)c2c(Cl)c(Cl)c(Cl)c(Cl)c2C(=O)O)cc1)c1ccccc1. The van der Waals surface area contributed by atoms with E-state index in [1.165, 1.54) is 18.9 Å². The summed E-state index contributed by atoms with van der Waals surface area (Å²) in [7, 11) is 1.49. The smallest absolute Gasteiger partial charge is 0.338 e.